The molecule has 0 aliphatic carbocycles. The van der Waals surface area contributed by atoms with Crippen LogP contribution >= 0.6 is 0 Å². The van der Waals surface area contributed by atoms with Gasteiger partial charge in [0.1, 0.15) is 5.82 Å². The van der Waals surface area contributed by atoms with E-state index < -0.39 is 11.7 Å². The number of benzene rings is 2. The van der Waals surface area contributed by atoms with Crippen molar-refractivity contribution < 1.29 is 14.0 Å². The van der Waals surface area contributed by atoms with Crippen molar-refractivity contribution in [3.8, 4) is 11.3 Å². The first-order valence-electron chi connectivity index (χ1n) is 9.57. The van der Waals surface area contributed by atoms with Gasteiger partial charge in [0.25, 0.3) is 5.91 Å². The molecule has 0 radical (unpaired) electrons. The van der Waals surface area contributed by atoms with Crippen molar-refractivity contribution in [1.29, 1.82) is 0 Å². The number of carbonyl (C=O) groups excluding carboxylic acids is 2. The first-order valence-corrected chi connectivity index (χ1v) is 9.57. The van der Waals surface area contributed by atoms with Gasteiger partial charge in [-0.2, -0.15) is 5.10 Å². The summed E-state index contributed by atoms with van der Waals surface area (Å²) >= 11 is 0. The Morgan fingerprint density at radius 1 is 1.23 bits per heavy atom. The third kappa shape index (κ3) is 4.00. The van der Waals surface area contributed by atoms with Crippen molar-refractivity contribution in [3.05, 3.63) is 83.4 Å². The van der Waals surface area contributed by atoms with Crippen LogP contribution in [0.3, 0.4) is 0 Å². The van der Waals surface area contributed by atoms with Crippen LogP contribution in [0.5, 0.6) is 0 Å². The summed E-state index contributed by atoms with van der Waals surface area (Å²) < 4.78 is 15.4. The highest BCUT2D eigenvalue weighted by atomic mass is 19.1. The smallest absolute Gasteiger partial charge is 0.253 e. The van der Waals surface area contributed by atoms with Crippen LogP contribution in [0, 0.1) is 12.7 Å². The molecule has 7 heteroatoms. The predicted molar refractivity (Wildman–Crippen MR) is 112 cm³/mol. The molecule has 0 saturated carbocycles. The molecule has 152 valence electrons. The number of carbonyl (C=O) groups is 2. The fourth-order valence-electron chi connectivity index (χ4n) is 3.54. The van der Waals surface area contributed by atoms with E-state index in [0.717, 1.165) is 16.8 Å². The average Bonchev–Trinajstić information content (AvgIpc) is 3.16. The number of anilines is 1. The molecule has 0 saturated heterocycles. The number of hydrogen-bond donors (Lipinski definition) is 2. The van der Waals surface area contributed by atoms with Crippen LogP contribution in [0.4, 0.5) is 10.1 Å². The third-order valence-corrected chi connectivity index (χ3v) is 5.16. The van der Waals surface area contributed by atoms with Crippen molar-refractivity contribution in [2.45, 2.75) is 19.3 Å². The molecule has 4 rings (SSSR count). The summed E-state index contributed by atoms with van der Waals surface area (Å²) in [7, 11) is 1.84. The van der Waals surface area contributed by atoms with Crippen LogP contribution in [-0.2, 0) is 16.6 Å². The topological polar surface area (TPSA) is 76.0 Å². The standard InChI is InChI=1S/C23H21FN4O2/c1-14-6-7-16(20-8-9-28(2)27-20)11-21(14)26-23(30)19-13-25-22(29)12-18(19)15-4-3-5-17(24)10-15/h3-11,13,18H,12H2,1-2H3,(H,25,29)(H,26,30)/t18-/m0/s1. The number of aryl methyl sites for hydroxylation is 2. The normalized spacial score (nSPS) is 16.0. The maximum Gasteiger partial charge on any atom is 0.253 e. The lowest BCUT2D eigenvalue weighted by molar-refractivity contribution is -0.121. The summed E-state index contributed by atoms with van der Waals surface area (Å²) in [5, 5.41) is 9.94. The molecule has 2 heterocycles. The van der Waals surface area contributed by atoms with Crippen molar-refractivity contribution >= 4 is 17.5 Å². The Morgan fingerprint density at radius 2 is 2.07 bits per heavy atom. The third-order valence-electron chi connectivity index (χ3n) is 5.16. The fourth-order valence-corrected chi connectivity index (χ4v) is 3.54. The van der Waals surface area contributed by atoms with Crippen molar-refractivity contribution in [2.75, 3.05) is 5.32 Å². The zero-order chi connectivity index (χ0) is 21.3. The summed E-state index contributed by atoms with van der Waals surface area (Å²) in [5.74, 6) is -1.48. The fraction of sp³-hybridized carbons (Fsp3) is 0.174. The minimum Gasteiger partial charge on any atom is -0.332 e. The molecule has 6 nitrogen and oxygen atoms in total. The summed E-state index contributed by atoms with van der Waals surface area (Å²) in [5.41, 5.74) is 4.19. The molecule has 2 amide bonds. The van der Waals surface area contributed by atoms with E-state index >= 15 is 0 Å². The summed E-state index contributed by atoms with van der Waals surface area (Å²) in [6, 6.07) is 13.6. The van der Waals surface area contributed by atoms with Gasteiger partial charge < -0.3 is 10.6 Å². The van der Waals surface area contributed by atoms with Gasteiger partial charge in [-0.1, -0.05) is 24.3 Å². The lowest BCUT2D eigenvalue weighted by atomic mass is 9.86. The molecule has 1 aromatic heterocycles. The molecular formula is C23H21FN4O2. The maximum atomic E-state index is 13.7. The second kappa shape index (κ2) is 7.94. The minimum atomic E-state index is -0.520. The highest BCUT2D eigenvalue weighted by Crippen LogP contribution is 2.32. The number of amides is 2. The molecule has 2 N–H and O–H groups in total. The van der Waals surface area contributed by atoms with Gasteiger partial charge in [-0.3, -0.25) is 14.3 Å². The molecule has 0 spiro atoms. The molecule has 0 bridgehead atoms. The Hall–Kier alpha value is -3.74. The van der Waals surface area contributed by atoms with Gasteiger partial charge in [0.2, 0.25) is 5.91 Å². The van der Waals surface area contributed by atoms with E-state index in [0.29, 0.717) is 16.8 Å². The van der Waals surface area contributed by atoms with Gasteiger partial charge in [0.15, 0.2) is 0 Å². The number of rotatable bonds is 4. The van der Waals surface area contributed by atoms with Crippen LogP contribution in [0.2, 0.25) is 0 Å². The Balaban J connectivity index is 1.63. The number of aromatic nitrogens is 2. The zero-order valence-corrected chi connectivity index (χ0v) is 16.6. The van der Waals surface area contributed by atoms with E-state index in [-0.39, 0.29) is 18.2 Å². The lowest BCUT2D eigenvalue weighted by Crippen LogP contribution is -2.32. The van der Waals surface area contributed by atoms with E-state index in [1.165, 1.54) is 18.3 Å². The molecule has 0 unspecified atom stereocenters. The van der Waals surface area contributed by atoms with Crippen LogP contribution in [0.1, 0.15) is 23.5 Å². The quantitative estimate of drug-likeness (QED) is 0.697. The number of hydrogen-bond acceptors (Lipinski definition) is 3. The SMILES string of the molecule is Cc1ccc(-c2ccn(C)n2)cc1NC(=O)C1=CNC(=O)C[C@H]1c1cccc(F)c1. The summed E-state index contributed by atoms with van der Waals surface area (Å²) in [6.45, 7) is 1.90. The molecule has 30 heavy (non-hydrogen) atoms. The maximum absolute atomic E-state index is 13.7. The van der Waals surface area contributed by atoms with Crippen LogP contribution in [-0.4, -0.2) is 21.6 Å². The first kappa shape index (κ1) is 19.6. The zero-order valence-electron chi connectivity index (χ0n) is 16.6. The largest absolute Gasteiger partial charge is 0.332 e. The van der Waals surface area contributed by atoms with Gasteiger partial charge in [-0.15, -0.1) is 0 Å². The monoisotopic (exact) mass is 404 g/mol. The summed E-state index contributed by atoms with van der Waals surface area (Å²) in [4.78, 5) is 25.0. The van der Waals surface area contributed by atoms with Crippen LogP contribution in [0.25, 0.3) is 11.3 Å². The van der Waals surface area contributed by atoms with E-state index in [9.17, 15) is 14.0 Å². The lowest BCUT2D eigenvalue weighted by Gasteiger charge is -2.24. The number of nitrogens with zero attached hydrogens (tertiary/aromatic N) is 2. The van der Waals surface area contributed by atoms with E-state index in [1.807, 2.05) is 44.4 Å². The highest BCUT2D eigenvalue weighted by Gasteiger charge is 2.29. The van der Waals surface area contributed by atoms with E-state index in [1.54, 1.807) is 16.8 Å². The second-order valence-corrected chi connectivity index (χ2v) is 7.34. The van der Waals surface area contributed by atoms with Gasteiger partial charge in [-0.05, 0) is 42.3 Å². The minimum absolute atomic E-state index is 0.0790. The highest BCUT2D eigenvalue weighted by molar-refractivity contribution is 6.07. The average molecular weight is 404 g/mol. The second-order valence-electron chi connectivity index (χ2n) is 7.34. The molecule has 3 aromatic rings. The molecule has 1 atom stereocenters. The molecule has 2 aromatic carbocycles. The first-order chi connectivity index (χ1) is 14.4. The Labute approximate surface area is 173 Å². The number of halogens is 1. The molecule has 1 aliphatic heterocycles. The van der Waals surface area contributed by atoms with Gasteiger partial charge in [-0.25, -0.2) is 4.39 Å². The Kier molecular flexibility index (Phi) is 5.18. The summed E-state index contributed by atoms with van der Waals surface area (Å²) in [6.07, 6.45) is 3.34. The van der Waals surface area contributed by atoms with Gasteiger partial charge in [0.05, 0.1) is 5.69 Å². The van der Waals surface area contributed by atoms with Crippen molar-refractivity contribution in [2.24, 2.45) is 7.05 Å². The van der Waals surface area contributed by atoms with E-state index in [4.69, 9.17) is 0 Å². The van der Waals surface area contributed by atoms with E-state index in [2.05, 4.69) is 15.7 Å². The predicted octanol–water partition coefficient (Wildman–Crippen LogP) is 3.66. The number of nitrogens with one attached hydrogen (secondary N) is 2. The van der Waals surface area contributed by atoms with Crippen LogP contribution < -0.4 is 10.6 Å². The van der Waals surface area contributed by atoms with Crippen molar-refractivity contribution in [3.63, 3.8) is 0 Å². The van der Waals surface area contributed by atoms with Gasteiger partial charge in [0, 0.05) is 48.6 Å². The Bertz CT molecular complexity index is 1170. The van der Waals surface area contributed by atoms with Crippen LogP contribution in [0.15, 0.2) is 66.5 Å². The Morgan fingerprint density at radius 3 is 2.80 bits per heavy atom. The molecular weight excluding hydrogens is 383 g/mol. The molecule has 1 aliphatic rings. The van der Waals surface area contributed by atoms with Gasteiger partial charge >= 0.3 is 0 Å². The molecule has 0 fully saturated rings. The van der Waals surface area contributed by atoms with Crippen molar-refractivity contribution in [1.82, 2.24) is 15.1 Å².